The molecule has 0 aliphatic carbocycles. The summed E-state index contributed by atoms with van der Waals surface area (Å²) >= 11 is 0. The number of esters is 1. The molecular formula is C11H13NO6. The van der Waals surface area contributed by atoms with Gasteiger partial charge in [0.1, 0.15) is 6.10 Å². The second-order valence-electron chi connectivity index (χ2n) is 3.42. The fourth-order valence-electron chi connectivity index (χ4n) is 1.26. The molecule has 0 saturated carbocycles. The van der Waals surface area contributed by atoms with Crippen LogP contribution in [0.25, 0.3) is 0 Å². The Bertz CT molecular complexity index is 447. The van der Waals surface area contributed by atoms with E-state index in [0.29, 0.717) is 0 Å². The van der Waals surface area contributed by atoms with Crippen LogP contribution in [0.3, 0.4) is 0 Å². The number of aromatic nitrogens is 1. The summed E-state index contributed by atoms with van der Waals surface area (Å²) in [7, 11) is 0. The van der Waals surface area contributed by atoms with E-state index in [4.69, 9.17) is 5.11 Å². The zero-order valence-electron chi connectivity index (χ0n) is 9.61. The van der Waals surface area contributed by atoms with E-state index in [1.54, 1.807) is 6.92 Å². The van der Waals surface area contributed by atoms with Gasteiger partial charge in [0.2, 0.25) is 0 Å². The molecule has 18 heavy (non-hydrogen) atoms. The van der Waals surface area contributed by atoms with Crippen molar-refractivity contribution in [1.29, 1.82) is 0 Å². The van der Waals surface area contributed by atoms with Gasteiger partial charge in [-0.2, -0.15) is 0 Å². The van der Waals surface area contributed by atoms with Crippen molar-refractivity contribution < 1.29 is 29.6 Å². The molecule has 0 bridgehead atoms. The average molecular weight is 255 g/mol. The number of rotatable bonds is 5. The molecular weight excluding hydrogens is 242 g/mol. The van der Waals surface area contributed by atoms with Crippen LogP contribution in [0.5, 0.6) is 0 Å². The molecule has 1 aromatic rings. The Morgan fingerprint density at radius 2 is 2.11 bits per heavy atom. The highest BCUT2D eigenvalue weighted by atomic mass is 16.5. The molecule has 7 heteroatoms. The first-order chi connectivity index (χ1) is 8.47. The largest absolute Gasteiger partial charge is 0.478 e. The van der Waals surface area contributed by atoms with Gasteiger partial charge >= 0.3 is 11.9 Å². The van der Waals surface area contributed by atoms with Gasteiger partial charge < -0.3 is 20.1 Å². The Labute approximate surface area is 103 Å². The molecule has 1 aromatic heterocycles. The number of ether oxygens (including phenoxy) is 1. The first kappa shape index (κ1) is 14.1. The predicted molar refractivity (Wildman–Crippen MR) is 58.8 cm³/mol. The highest BCUT2D eigenvalue weighted by molar-refractivity contribution is 5.87. The van der Waals surface area contributed by atoms with Crippen LogP contribution >= 0.6 is 0 Å². The highest BCUT2D eigenvalue weighted by Crippen LogP contribution is 2.16. The number of carboxylic acids is 1. The second-order valence-corrected chi connectivity index (χ2v) is 3.42. The normalized spacial score (nSPS) is 13.7. The Balaban J connectivity index is 2.89. The summed E-state index contributed by atoms with van der Waals surface area (Å²) in [6.45, 7) is 1.62. The maximum absolute atomic E-state index is 11.2. The number of carbonyl (C=O) groups excluding carboxylic acids is 1. The second kappa shape index (κ2) is 6.08. The van der Waals surface area contributed by atoms with Crippen molar-refractivity contribution in [2.24, 2.45) is 0 Å². The van der Waals surface area contributed by atoms with Crippen molar-refractivity contribution in [3.63, 3.8) is 0 Å². The van der Waals surface area contributed by atoms with Crippen LogP contribution in [0.4, 0.5) is 0 Å². The Kier molecular flexibility index (Phi) is 4.75. The van der Waals surface area contributed by atoms with Gasteiger partial charge in [0.05, 0.1) is 17.9 Å². The summed E-state index contributed by atoms with van der Waals surface area (Å²) in [5, 5.41) is 27.9. The van der Waals surface area contributed by atoms with Crippen LogP contribution in [-0.2, 0) is 9.53 Å². The molecule has 0 fully saturated rings. The van der Waals surface area contributed by atoms with Gasteiger partial charge in [-0.25, -0.2) is 9.59 Å². The van der Waals surface area contributed by atoms with E-state index >= 15 is 0 Å². The Morgan fingerprint density at radius 3 is 2.67 bits per heavy atom. The molecule has 2 unspecified atom stereocenters. The van der Waals surface area contributed by atoms with E-state index in [1.165, 1.54) is 12.3 Å². The molecule has 0 aliphatic heterocycles. The quantitative estimate of drug-likeness (QED) is 0.620. The number of carbonyl (C=O) groups is 2. The first-order valence-electron chi connectivity index (χ1n) is 5.19. The summed E-state index contributed by atoms with van der Waals surface area (Å²) < 4.78 is 4.53. The molecule has 0 aromatic carbocycles. The lowest BCUT2D eigenvalue weighted by Crippen LogP contribution is -2.30. The number of pyridine rings is 1. The molecule has 1 heterocycles. The standard InChI is InChI=1S/C11H13NO6/c1-2-18-11(17)9(14)8(13)7-5-6(10(15)16)3-4-12-7/h3-5,8-9,13-14H,2H2,1H3,(H,15,16). The van der Waals surface area contributed by atoms with Gasteiger partial charge in [-0.15, -0.1) is 0 Å². The lowest BCUT2D eigenvalue weighted by molar-refractivity contribution is -0.159. The van der Waals surface area contributed by atoms with E-state index in [0.717, 1.165) is 6.07 Å². The van der Waals surface area contributed by atoms with Crippen molar-refractivity contribution in [3.8, 4) is 0 Å². The monoisotopic (exact) mass is 255 g/mol. The van der Waals surface area contributed by atoms with Crippen LogP contribution in [-0.4, -0.2) is 45.0 Å². The van der Waals surface area contributed by atoms with E-state index in [1.807, 2.05) is 0 Å². The number of aliphatic hydroxyl groups is 2. The van der Waals surface area contributed by atoms with Crippen LogP contribution < -0.4 is 0 Å². The summed E-state index contributed by atoms with van der Waals surface area (Å²) in [6, 6.07) is 2.31. The maximum Gasteiger partial charge on any atom is 0.338 e. The van der Waals surface area contributed by atoms with Crippen LogP contribution in [0, 0.1) is 0 Å². The SMILES string of the molecule is CCOC(=O)C(O)C(O)c1cc(C(=O)O)ccn1. The van der Waals surface area contributed by atoms with Gasteiger partial charge in [-0.1, -0.05) is 0 Å². The van der Waals surface area contributed by atoms with Gasteiger partial charge in [0.15, 0.2) is 6.10 Å². The first-order valence-corrected chi connectivity index (χ1v) is 5.19. The van der Waals surface area contributed by atoms with Gasteiger partial charge in [-0.3, -0.25) is 4.98 Å². The van der Waals surface area contributed by atoms with Crippen molar-refractivity contribution in [1.82, 2.24) is 4.98 Å². The van der Waals surface area contributed by atoms with Crippen molar-refractivity contribution in [2.75, 3.05) is 6.61 Å². The topological polar surface area (TPSA) is 117 Å². The minimum Gasteiger partial charge on any atom is -0.478 e. The fourth-order valence-corrected chi connectivity index (χ4v) is 1.26. The predicted octanol–water partition coefficient (Wildman–Crippen LogP) is -0.263. The molecule has 2 atom stereocenters. The number of carboxylic acid groups (broad SMARTS) is 1. The smallest absolute Gasteiger partial charge is 0.338 e. The third kappa shape index (κ3) is 3.25. The summed E-state index contributed by atoms with van der Waals surface area (Å²) in [5.41, 5.74) is -0.217. The maximum atomic E-state index is 11.2. The molecule has 0 amide bonds. The summed E-state index contributed by atoms with van der Waals surface area (Å²) in [6.07, 6.45) is -2.27. The zero-order valence-corrected chi connectivity index (χ0v) is 9.61. The van der Waals surface area contributed by atoms with Gasteiger partial charge in [-0.05, 0) is 19.1 Å². The van der Waals surface area contributed by atoms with E-state index in [2.05, 4.69) is 9.72 Å². The number of nitrogens with zero attached hydrogens (tertiary/aromatic N) is 1. The van der Waals surface area contributed by atoms with Crippen LogP contribution in [0.1, 0.15) is 29.1 Å². The minimum atomic E-state index is -1.80. The van der Waals surface area contributed by atoms with Crippen LogP contribution in [0.15, 0.2) is 18.3 Å². The minimum absolute atomic E-state index is 0.0607. The summed E-state index contributed by atoms with van der Waals surface area (Å²) in [4.78, 5) is 25.6. The van der Waals surface area contributed by atoms with Crippen molar-refractivity contribution >= 4 is 11.9 Å². The summed E-state index contributed by atoms with van der Waals surface area (Å²) in [5.74, 6) is -2.19. The molecule has 98 valence electrons. The van der Waals surface area contributed by atoms with E-state index in [-0.39, 0.29) is 17.9 Å². The van der Waals surface area contributed by atoms with Crippen LogP contribution in [0.2, 0.25) is 0 Å². The zero-order chi connectivity index (χ0) is 13.7. The van der Waals surface area contributed by atoms with E-state index < -0.39 is 24.1 Å². The number of hydrogen-bond donors (Lipinski definition) is 3. The van der Waals surface area contributed by atoms with E-state index in [9.17, 15) is 19.8 Å². The molecule has 0 aliphatic rings. The molecule has 0 saturated heterocycles. The van der Waals surface area contributed by atoms with Crippen molar-refractivity contribution in [2.45, 2.75) is 19.1 Å². The third-order valence-electron chi connectivity index (χ3n) is 2.16. The fraction of sp³-hybridized carbons (Fsp3) is 0.364. The van der Waals surface area contributed by atoms with Gasteiger partial charge in [0, 0.05) is 6.20 Å². The Hall–Kier alpha value is -1.99. The number of aromatic carboxylic acids is 1. The number of aliphatic hydroxyl groups excluding tert-OH is 2. The molecule has 3 N–H and O–H groups in total. The van der Waals surface area contributed by atoms with Gasteiger partial charge in [0.25, 0.3) is 0 Å². The third-order valence-corrected chi connectivity index (χ3v) is 2.16. The van der Waals surface area contributed by atoms with Crippen molar-refractivity contribution in [3.05, 3.63) is 29.6 Å². The molecule has 1 rings (SSSR count). The molecule has 0 spiro atoms. The molecule has 0 radical (unpaired) electrons. The Morgan fingerprint density at radius 1 is 1.44 bits per heavy atom. The molecule has 7 nitrogen and oxygen atoms in total. The number of hydrogen-bond acceptors (Lipinski definition) is 6. The highest BCUT2D eigenvalue weighted by Gasteiger charge is 2.28. The average Bonchev–Trinajstić information content (AvgIpc) is 2.37. The lowest BCUT2D eigenvalue weighted by atomic mass is 10.1. The lowest BCUT2D eigenvalue weighted by Gasteiger charge is -2.15.